The number of halogens is 1. The minimum atomic E-state index is -3.62. The molecule has 0 fully saturated rings. The molecular weight excluding hydrogens is 412 g/mol. The number of nitrogens with zero attached hydrogens (tertiary/aromatic N) is 1. The number of carbonyl (C=O) groups is 1. The fourth-order valence-corrected chi connectivity index (χ4v) is 4.12. The summed E-state index contributed by atoms with van der Waals surface area (Å²) in [5, 5.41) is 3.31. The fourth-order valence-electron chi connectivity index (χ4n) is 2.98. The molecular formula is C21H27ClN2O4S. The molecule has 0 aliphatic carbocycles. The molecule has 0 spiro atoms. The highest BCUT2D eigenvalue weighted by Crippen LogP contribution is 2.25. The number of anilines is 1. The minimum absolute atomic E-state index is 0.281. The molecule has 2 aromatic rings. The van der Waals surface area contributed by atoms with Crippen molar-refractivity contribution >= 4 is 33.2 Å². The van der Waals surface area contributed by atoms with Gasteiger partial charge in [0.1, 0.15) is 12.3 Å². The molecule has 0 saturated heterocycles. The maximum atomic E-state index is 12.4. The van der Waals surface area contributed by atoms with Crippen LogP contribution in [0.2, 0.25) is 5.02 Å². The Balaban J connectivity index is 1.94. The predicted octanol–water partition coefficient (Wildman–Crippen LogP) is 3.56. The summed E-state index contributed by atoms with van der Waals surface area (Å²) in [5.74, 6) is 0.491. The summed E-state index contributed by atoms with van der Waals surface area (Å²) >= 11 is 5.95. The number of carbonyl (C=O) groups excluding carboxylic acids is 1. The lowest BCUT2D eigenvalue weighted by Crippen LogP contribution is -2.41. The third kappa shape index (κ3) is 6.94. The van der Waals surface area contributed by atoms with Gasteiger partial charge in [0.2, 0.25) is 15.9 Å². The molecule has 29 heavy (non-hydrogen) atoms. The molecule has 0 bridgehead atoms. The van der Waals surface area contributed by atoms with E-state index in [-0.39, 0.29) is 12.5 Å². The van der Waals surface area contributed by atoms with Gasteiger partial charge in [-0.15, -0.1) is 0 Å². The average Bonchev–Trinajstić information content (AvgIpc) is 2.64. The summed E-state index contributed by atoms with van der Waals surface area (Å²) in [6.45, 7) is 4.45. The first-order valence-corrected chi connectivity index (χ1v) is 11.7. The average molecular weight is 439 g/mol. The van der Waals surface area contributed by atoms with Gasteiger partial charge in [-0.1, -0.05) is 29.8 Å². The second kappa shape index (κ2) is 10.5. The number of rotatable bonds is 10. The molecule has 2 rings (SSSR count). The van der Waals surface area contributed by atoms with Crippen LogP contribution in [-0.4, -0.2) is 40.3 Å². The number of benzene rings is 2. The molecule has 6 nitrogen and oxygen atoms in total. The van der Waals surface area contributed by atoms with Gasteiger partial charge >= 0.3 is 0 Å². The third-order valence-corrected chi connectivity index (χ3v) is 5.69. The molecule has 0 aromatic heterocycles. The Labute approximate surface area is 177 Å². The summed E-state index contributed by atoms with van der Waals surface area (Å²) in [5.41, 5.74) is 2.21. The first-order chi connectivity index (χ1) is 13.7. The van der Waals surface area contributed by atoms with Gasteiger partial charge in [0, 0.05) is 11.6 Å². The van der Waals surface area contributed by atoms with Crippen LogP contribution in [0, 0.1) is 6.92 Å². The van der Waals surface area contributed by atoms with Crippen molar-refractivity contribution < 1.29 is 17.9 Å². The summed E-state index contributed by atoms with van der Waals surface area (Å²) in [6, 6.07) is 12.7. The lowest BCUT2D eigenvalue weighted by atomic mass is 10.1. The monoisotopic (exact) mass is 438 g/mol. The largest absolute Gasteiger partial charge is 0.494 e. The maximum Gasteiger partial charge on any atom is 0.240 e. The normalized spacial score (nSPS) is 11.2. The van der Waals surface area contributed by atoms with E-state index in [1.807, 2.05) is 31.2 Å². The van der Waals surface area contributed by atoms with E-state index in [9.17, 15) is 13.2 Å². The number of sulfonamides is 1. The summed E-state index contributed by atoms with van der Waals surface area (Å²) in [7, 11) is -3.62. The quantitative estimate of drug-likeness (QED) is 0.575. The van der Waals surface area contributed by atoms with Crippen LogP contribution in [0.3, 0.4) is 0 Å². The highest BCUT2D eigenvalue weighted by atomic mass is 35.5. The predicted molar refractivity (Wildman–Crippen MR) is 117 cm³/mol. The smallest absolute Gasteiger partial charge is 0.240 e. The summed E-state index contributed by atoms with van der Waals surface area (Å²) in [4.78, 5) is 12.4. The second-order valence-electron chi connectivity index (χ2n) is 6.69. The Hall–Kier alpha value is -2.25. The van der Waals surface area contributed by atoms with E-state index in [0.717, 1.165) is 28.3 Å². The number of para-hydroxylation sites is 1. The summed E-state index contributed by atoms with van der Waals surface area (Å²) < 4.78 is 31.1. The van der Waals surface area contributed by atoms with Crippen LogP contribution in [0.15, 0.2) is 42.5 Å². The number of nitrogens with one attached hydrogen (secondary N) is 1. The highest BCUT2D eigenvalue weighted by molar-refractivity contribution is 7.92. The van der Waals surface area contributed by atoms with E-state index >= 15 is 0 Å². The second-order valence-corrected chi connectivity index (χ2v) is 9.04. The Kier molecular flexibility index (Phi) is 8.34. The lowest BCUT2D eigenvalue weighted by Gasteiger charge is -2.23. The van der Waals surface area contributed by atoms with Gasteiger partial charge in [-0.2, -0.15) is 0 Å². The van der Waals surface area contributed by atoms with Crippen molar-refractivity contribution in [2.75, 3.05) is 30.3 Å². The summed E-state index contributed by atoms with van der Waals surface area (Å²) in [6.07, 6.45) is 2.55. The first-order valence-electron chi connectivity index (χ1n) is 9.43. The van der Waals surface area contributed by atoms with Crippen LogP contribution in [-0.2, 0) is 21.2 Å². The molecule has 0 radical (unpaired) electrons. The zero-order valence-corrected chi connectivity index (χ0v) is 18.5. The van der Waals surface area contributed by atoms with E-state index < -0.39 is 10.0 Å². The van der Waals surface area contributed by atoms with Gasteiger partial charge in [-0.25, -0.2) is 8.42 Å². The molecule has 0 unspecified atom stereocenters. The zero-order chi connectivity index (χ0) is 21.4. The first kappa shape index (κ1) is 23.0. The van der Waals surface area contributed by atoms with E-state index in [2.05, 4.69) is 5.32 Å². The maximum absolute atomic E-state index is 12.4. The molecule has 8 heteroatoms. The lowest BCUT2D eigenvalue weighted by molar-refractivity contribution is -0.119. The van der Waals surface area contributed by atoms with E-state index in [4.69, 9.17) is 16.3 Å². The molecule has 1 N–H and O–H groups in total. The van der Waals surface area contributed by atoms with Crippen molar-refractivity contribution in [2.45, 2.75) is 26.7 Å². The van der Waals surface area contributed by atoms with E-state index in [0.29, 0.717) is 35.8 Å². The molecule has 0 heterocycles. The number of hydrogen-bond acceptors (Lipinski definition) is 4. The Morgan fingerprint density at radius 3 is 2.59 bits per heavy atom. The van der Waals surface area contributed by atoms with Crippen molar-refractivity contribution in [2.24, 2.45) is 0 Å². The molecule has 1 amide bonds. The number of ether oxygens (including phenoxy) is 1. The van der Waals surface area contributed by atoms with Crippen LogP contribution in [0.1, 0.15) is 24.5 Å². The van der Waals surface area contributed by atoms with E-state index in [1.54, 1.807) is 25.1 Å². The topological polar surface area (TPSA) is 75.7 Å². The van der Waals surface area contributed by atoms with Crippen molar-refractivity contribution in [3.8, 4) is 5.75 Å². The Bertz CT molecular complexity index is 947. The zero-order valence-electron chi connectivity index (χ0n) is 16.9. The Morgan fingerprint density at radius 2 is 1.93 bits per heavy atom. The molecule has 0 aliphatic rings. The van der Waals surface area contributed by atoms with Crippen LogP contribution in [0.25, 0.3) is 0 Å². The molecule has 2 aromatic carbocycles. The van der Waals surface area contributed by atoms with Crippen molar-refractivity contribution in [1.29, 1.82) is 0 Å². The van der Waals surface area contributed by atoms with Gasteiger partial charge in [0.25, 0.3) is 0 Å². The van der Waals surface area contributed by atoms with Gasteiger partial charge < -0.3 is 10.1 Å². The standard InChI is InChI=1S/C21H27ClN2O4S/c1-4-28-20-10-6-5-8-17(20)9-7-13-23-21(25)15-24(29(3,26)27)19-12-11-18(22)14-16(19)2/h5-6,8,10-12,14H,4,7,9,13,15H2,1-3H3,(H,23,25). The van der Waals surface area contributed by atoms with E-state index in [1.165, 1.54) is 0 Å². The molecule has 0 saturated carbocycles. The SMILES string of the molecule is CCOc1ccccc1CCCNC(=O)CN(c1ccc(Cl)cc1C)S(C)(=O)=O. The van der Waals surface area contributed by atoms with Crippen LogP contribution >= 0.6 is 11.6 Å². The minimum Gasteiger partial charge on any atom is -0.494 e. The molecule has 0 atom stereocenters. The van der Waals surface area contributed by atoms with Gasteiger partial charge in [-0.05, 0) is 62.1 Å². The van der Waals surface area contributed by atoms with Gasteiger partial charge in [-0.3, -0.25) is 9.10 Å². The van der Waals surface area contributed by atoms with Crippen LogP contribution in [0.5, 0.6) is 5.75 Å². The fraction of sp³-hybridized carbons (Fsp3) is 0.381. The van der Waals surface area contributed by atoms with Crippen molar-refractivity contribution in [3.05, 3.63) is 58.6 Å². The Morgan fingerprint density at radius 1 is 1.21 bits per heavy atom. The van der Waals surface area contributed by atoms with Crippen molar-refractivity contribution in [1.82, 2.24) is 5.32 Å². The third-order valence-electron chi connectivity index (χ3n) is 4.33. The van der Waals surface area contributed by atoms with Crippen LogP contribution < -0.4 is 14.4 Å². The number of hydrogen-bond donors (Lipinski definition) is 1. The van der Waals surface area contributed by atoms with Gasteiger partial charge in [0.15, 0.2) is 0 Å². The van der Waals surface area contributed by atoms with Gasteiger partial charge in [0.05, 0.1) is 18.6 Å². The highest BCUT2D eigenvalue weighted by Gasteiger charge is 2.22. The number of amides is 1. The van der Waals surface area contributed by atoms with Crippen LogP contribution in [0.4, 0.5) is 5.69 Å². The molecule has 158 valence electrons. The van der Waals surface area contributed by atoms with Crippen molar-refractivity contribution in [3.63, 3.8) is 0 Å². The number of aryl methyl sites for hydroxylation is 2. The molecule has 0 aliphatic heterocycles.